The summed E-state index contributed by atoms with van der Waals surface area (Å²) in [6.45, 7) is 2.17. The van der Waals surface area contributed by atoms with Gasteiger partial charge in [-0.3, -0.25) is 25.1 Å². The van der Waals surface area contributed by atoms with Crippen molar-refractivity contribution in [1.82, 2.24) is 20.6 Å². The third-order valence-electron chi connectivity index (χ3n) is 4.95. The summed E-state index contributed by atoms with van der Waals surface area (Å²) in [6.07, 6.45) is 3.08. The summed E-state index contributed by atoms with van der Waals surface area (Å²) in [4.78, 5) is 25.3. The summed E-state index contributed by atoms with van der Waals surface area (Å²) in [5.74, 6) is 0.217. The largest absolute Gasteiger partial charge is 0.497 e. The number of nitrogens with one attached hydrogen (secondary N) is 2. The second-order valence-electron chi connectivity index (χ2n) is 7.10. The van der Waals surface area contributed by atoms with Gasteiger partial charge in [0.1, 0.15) is 17.2 Å². The number of benzene rings is 2. The molecule has 32 heavy (non-hydrogen) atoms. The zero-order valence-electron chi connectivity index (χ0n) is 17.7. The molecule has 2 aromatic heterocycles. The molecular weight excluding hydrogens is 408 g/mol. The fraction of sp³-hybridized carbons (Fsp3) is 0.125. The van der Waals surface area contributed by atoms with E-state index in [1.807, 2.05) is 42.5 Å². The van der Waals surface area contributed by atoms with Gasteiger partial charge in [-0.25, -0.2) is 0 Å². The van der Waals surface area contributed by atoms with Crippen LogP contribution >= 0.6 is 0 Å². The minimum absolute atomic E-state index is 0.329. The van der Waals surface area contributed by atoms with Gasteiger partial charge in [-0.2, -0.15) is 5.10 Å². The third kappa shape index (κ3) is 4.54. The van der Waals surface area contributed by atoms with Crippen molar-refractivity contribution in [3.8, 4) is 17.0 Å². The normalized spacial score (nSPS) is 10.6. The number of hydrogen-bond acceptors (Lipinski definition) is 5. The molecule has 0 fully saturated rings. The zero-order chi connectivity index (χ0) is 22.5. The highest BCUT2D eigenvalue weighted by Gasteiger charge is 2.20. The number of aryl methyl sites for hydroxylation is 1. The summed E-state index contributed by atoms with van der Waals surface area (Å²) in [5, 5.41) is 4.63. The van der Waals surface area contributed by atoms with Gasteiger partial charge in [-0.05, 0) is 42.8 Å². The van der Waals surface area contributed by atoms with Crippen LogP contribution in [0.1, 0.15) is 32.0 Å². The number of nitrogens with zero attached hydrogens (tertiary/aromatic N) is 2. The lowest BCUT2D eigenvalue weighted by Gasteiger charge is -2.07. The molecule has 8 heteroatoms. The maximum absolute atomic E-state index is 13.0. The van der Waals surface area contributed by atoms with Crippen molar-refractivity contribution in [2.75, 3.05) is 7.11 Å². The van der Waals surface area contributed by atoms with E-state index in [2.05, 4.69) is 16.0 Å². The standard InChI is InChI=1S/C24H22N4O4/c1-16-20(12-13-32-16)23(29)25-26-24(30)21-15-28(14-17-6-4-3-5-7-17)27-22(21)18-8-10-19(31-2)11-9-18/h3-13,15H,14H2,1-2H3,(H,25,29)(H,26,30). The lowest BCUT2D eigenvalue weighted by atomic mass is 10.1. The molecular formula is C24H22N4O4. The fourth-order valence-corrected chi connectivity index (χ4v) is 3.27. The number of furan rings is 1. The Morgan fingerprint density at radius 3 is 2.28 bits per heavy atom. The molecule has 2 amide bonds. The molecule has 0 aliphatic carbocycles. The van der Waals surface area contributed by atoms with Gasteiger partial charge in [0, 0.05) is 11.8 Å². The fourth-order valence-electron chi connectivity index (χ4n) is 3.27. The molecule has 162 valence electrons. The van der Waals surface area contributed by atoms with E-state index >= 15 is 0 Å². The lowest BCUT2D eigenvalue weighted by molar-refractivity contribution is 0.0846. The topological polar surface area (TPSA) is 98.4 Å². The average molecular weight is 430 g/mol. The molecule has 4 aromatic rings. The smallest absolute Gasteiger partial charge is 0.273 e. The number of aromatic nitrogens is 2. The molecule has 0 unspecified atom stereocenters. The lowest BCUT2D eigenvalue weighted by Crippen LogP contribution is -2.41. The van der Waals surface area contributed by atoms with Crippen LogP contribution in [0.25, 0.3) is 11.3 Å². The molecule has 2 aromatic carbocycles. The van der Waals surface area contributed by atoms with E-state index in [0.29, 0.717) is 34.9 Å². The van der Waals surface area contributed by atoms with Gasteiger partial charge < -0.3 is 9.15 Å². The van der Waals surface area contributed by atoms with Crippen molar-refractivity contribution in [2.24, 2.45) is 0 Å². The molecule has 0 spiro atoms. The molecule has 4 rings (SSSR count). The minimum atomic E-state index is -0.482. The van der Waals surface area contributed by atoms with Gasteiger partial charge in [-0.1, -0.05) is 30.3 Å². The van der Waals surface area contributed by atoms with E-state index in [-0.39, 0.29) is 0 Å². The first-order valence-corrected chi connectivity index (χ1v) is 9.95. The molecule has 0 saturated carbocycles. The van der Waals surface area contributed by atoms with Crippen molar-refractivity contribution in [3.05, 3.63) is 95.6 Å². The number of ether oxygens (including phenoxy) is 1. The first kappa shape index (κ1) is 20.9. The van der Waals surface area contributed by atoms with Crippen LogP contribution in [0.5, 0.6) is 5.75 Å². The zero-order valence-corrected chi connectivity index (χ0v) is 17.7. The van der Waals surface area contributed by atoms with E-state index in [4.69, 9.17) is 9.15 Å². The first-order valence-electron chi connectivity index (χ1n) is 9.95. The summed E-state index contributed by atoms with van der Waals surface area (Å²) >= 11 is 0. The highest BCUT2D eigenvalue weighted by Crippen LogP contribution is 2.25. The number of carbonyl (C=O) groups is 2. The molecule has 2 heterocycles. The number of hydrazine groups is 1. The molecule has 2 N–H and O–H groups in total. The van der Waals surface area contributed by atoms with E-state index in [1.165, 1.54) is 12.3 Å². The van der Waals surface area contributed by atoms with Gasteiger partial charge in [-0.15, -0.1) is 0 Å². The van der Waals surface area contributed by atoms with E-state index in [0.717, 1.165) is 11.1 Å². The van der Waals surface area contributed by atoms with Gasteiger partial charge in [0.25, 0.3) is 11.8 Å². The molecule has 8 nitrogen and oxygen atoms in total. The predicted molar refractivity (Wildman–Crippen MR) is 118 cm³/mol. The van der Waals surface area contributed by atoms with Crippen LogP contribution in [0.4, 0.5) is 0 Å². The summed E-state index contributed by atoms with van der Waals surface area (Å²) < 4.78 is 12.1. The summed E-state index contributed by atoms with van der Waals surface area (Å²) in [7, 11) is 1.59. The Balaban J connectivity index is 1.60. The van der Waals surface area contributed by atoms with Crippen LogP contribution in [-0.2, 0) is 6.54 Å². The Hall–Kier alpha value is -4.33. The summed E-state index contributed by atoms with van der Waals surface area (Å²) in [6, 6.07) is 18.6. The molecule has 0 atom stereocenters. The van der Waals surface area contributed by atoms with E-state index in [9.17, 15) is 9.59 Å². The van der Waals surface area contributed by atoms with Crippen molar-refractivity contribution < 1.29 is 18.7 Å². The van der Waals surface area contributed by atoms with E-state index in [1.54, 1.807) is 37.0 Å². The SMILES string of the molecule is COc1ccc(-c2nn(Cc3ccccc3)cc2C(=O)NNC(=O)c2ccoc2C)cc1. The maximum Gasteiger partial charge on any atom is 0.273 e. The number of rotatable bonds is 6. The summed E-state index contributed by atoms with van der Waals surface area (Å²) in [5.41, 5.74) is 7.86. The number of methoxy groups -OCH3 is 1. The number of hydrogen-bond donors (Lipinski definition) is 2. The highest BCUT2D eigenvalue weighted by atomic mass is 16.5. The van der Waals surface area contributed by atoms with Gasteiger partial charge >= 0.3 is 0 Å². The van der Waals surface area contributed by atoms with Gasteiger partial charge in [0.05, 0.1) is 31.0 Å². The van der Waals surface area contributed by atoms with Crippen LogP contribution in [-0.4, -0.2) is 28.7 Å². The van der Waals surface area contributed by atoms with Crippen LogP contribution in [0.2, 0.25) is 0 Å². The molecule has 0 bridgehead atoms. The van der Waals surface area contributed by atoms with Gasteiger partial charge in [0.2, 0.25) is 0 Å². The van der Waals surface area contributed by atoms with Crippen LogP contribution < -0.4 is 15.6 Å². The Labute approximate surface area is 184 Å². The number of amides is 2. The maximum atomic E-state index is 13.0. The Morgan fingerprint density at radius 2 is 1.66 bits per heavy atom. The molecule has 0 radical (unpaired) electrons. The third-order valence-corrected chi connectivity index (χ3v) is 4.95. The minimum Gasteiger partial charge on any atom is -0.497 e. The molecule has 0 aliphatic heterocycles. The predicted octanol–water partition coefficient (Wildman–Crippen LogP) is 3.58. The second kappa shape index (κ2) is 9.22. The number of carbonyl (C=O) groups excluding carboxylic acids is 2. The Morgan fingerprint density at radius 1 is 0.969 bits per heavy atom. The van der Waals surface area contributed by atoms with E-state index < -0.39 is 11.8 Å². The van der Waals surface area contributed by atoms with Crippen molar-refractivity contribution in [1.29, 1.82) is 0 Å². The van der Waals surface area contributed by atoms with Crippen molar-refractivity contribution in [2.45, 2.75) is 13.5 Å². The molecule has 0 aliphatic rings. The van der Waals surface area contributed by atoms with Crippen LogP contribution in [0, 0.1) is 6.92 Å². The monoisotopic (exact) mass is 430 g/mol. The quantitative estimate of drug-likeness (QED) is 0.456. The van der Waals surface area contributed by atoms with Crippen LogP contribution in [0.3, 0.4) is 0 Å². The molecule has 0 saturated heterocycles. The van der Waals surface area contributed by atoms with Crippen molar-refractivity contribution >= 4 is 11.8 Å². The van der Waals surface area contributed by atoms with Crippen molar-refractivity contribution in [3.63, 3.8) is 0 Å². The van der Waals surface area contributed by atoms with Crippen LogP contribution in [0.15, 0.2) is 77.5 Å². The Kier molecular flexibility index (Phi) is 6.03. The highest BCUT2D eigenvalue weighted by molar-refractivity contribution is 6.02. The Bertz CT molecular complexity index is 1230. The van der Waals surface area contributed by atoms with Gasteiger partial charge in [0.15, 0.2) is 0 Å². The average Bonchev–Trinajstić information content (AvgIpc) is 3.44. The first-order chi connectivity index (χ1) is 15.5. The second-order valence-corrected chi connectivity index (χ2v) is 7.10.